The highest BCUT2D eigenvalue weighted by molar-refractivity contribution is 5.34. The number of nitrogens with one attached hydrogen (secondary N) is 1. The Morgan fingerprint density at radius 1 is 1.09 bits per heavy atom. The number of hydrogen-bond acceptors (Lipinski definition) is 2. The summed E-state index contributed by atoms with van der Waals surface area (Å²) in [6.07, 6.45) is 5.55. The molecule has 0 saturated carbocycles. The molecule has 3 rings (SSSR count). The maximum atomic E-state index is 4.60. The van der Waals surface area contributed by atoms with Crippen molar-refractivity contribution in [2.45, 2.75) is 58.4 Å². The summed E-state index contributed by atoms with van der Waals surface area (Å²) in [6, 6.07) is 11.5. The summed E-state index contributed by atoms with van der Waals surface area (Å²) < 4.78 is 0. The van der Waals surface area contributed by atoms with Gasteiger partial charge in [0.25, 0.3) is 0 Å². The van der Waals surface area contributed by atoms with E-state index in [0.29, 0.717) is 11.8 Å². The molecular formula is C21H28N2. The van der Waals surface area contributed by atoms with Gasteiger partial charge in [0.15, 0.2) is 0 Å². The fourth-order valence-electron chi connectivity index (χ4n) is 3.29. The molecule has 1 aromatic carbocycles. The van der Waals surface area contributed by atoms with Crippen LogP contribution in [0, 0.1) is 0 Å². The highest BCUT2D eigenvalue weighted by Gasteiger charge is 2.11. The van der Waals surface area contributed by atoms with Gasteiger partial charge in [0, 0.05) is 18.4 Å². The van der Waals surface area contributed by atoms with Crippen LogP contribution in [0.25, 0.3) is 0 Å². The Balaban J connectivity index is 1.61. The molecule has 0 bridgehead atoms. The Bertz CT molecular complexity index is 643. The first-order valence-corrected chi connectivity index (χ1v) is 8.90. The van der Waals surface area contributed by atoms with E-state index >= 15 is 0 Å². The van der Waals surface area contributed by atoms with Crippen LogP contribution in [0.1, 0.15) is 67.0 Å². The van der Waals surface area contributed by atoms with Gasteiger partial charge in [-0.3, -0.25) is 4.98 Å². The molecule has 23 heavy (non-hydrogen) atoms. The van der Waals surface area contributed by atoms with E-state index in [1.54, 1.807) is 0 Å². The molecule has 0 unspecified atom stereocenters. The molecule has 2 aromatic rings. The van der Waals surface area contributed by atoms with Crippen LogP contribution in [0.4, 0.5) is 0 Å². The Morgan fingerprint density at radius 3 is 2.70 bits per heavy atom. The number of pyridine rings is 1. The van der Waals surface area contributed by atoms with Gasteiger partial charge < -0.3 is 5.32 Å². The van der Waals surface area contributed by atoms with Crippen molar-refractivity contribution in [2.24, 2.45) is 0 Å². The molecule has 1 N–H and O–H groups in total. The molecule has 0 radical (unpaired) electrons. The number of fused-ring (bicyclic) bond motifs is 1. The summed E-state index contributed by atoms with van der Waals surface area (Å²) in [5.74, 6) is 1.06. The highest BCUT2D eigenvalue weighted by atomic mass is 14.9. The molecule has 0 aliphatic carbocycles. The van der Waals surface area contributed by atoms with E-state index in [1.807, 2.05) is 0 Å². The standard InChI is InChI=1S/C21H28N2/c1-15(2)21-9-8-19(14-23-21)16(3)4-5-17-6-7-18-10-11-22-13-20(18)12-17/h6-9,12,14-16,22H,4-5,10-11,13H2,1-3H3/t16-/m0/s1. The van der Waals surface area contributed by atoms with Crippen LogP contribution >= 0.6 is 0 Å². The van der Waals surface area contributed by atoms with Gasteiger partial charge in [-0.1, -0.05) is 45.0 Å². The number of aromatic nitrogens is 1. The van der Waals surface area contributed by atoms with Gasteiger partial charge in [-0.25, -0.2) is 0 Å². The van der Waals surface area contributed by atoms with Gasteiger partial charge in [0.2, 0.25) is 0 Å². The average Bonchev–Trinajstić information content (AvgIpc) is 2.59. The van der Waals surface area contributed by atoms with Crippen molar-refractivity contribution in [2.75, 3.05) is 6.54 Å². The first kappa shape index (κ1) is 16.2. The fourth-order valence-corrected chi connectivity index (χ4v) is 3.29. The van der Waals surface area contributed by atoms with Gasteiger partial charge in [0.05, 0.1) is 0 Å². The van der Waals surface area contributed by atoms with Crippen molar-refractivity contribution in [3.05, 3.63) is 64.5 Å². The lowest BCUT2D eigenvalue weighted by Gasteiger charge is -2.18. The predicted molar refractivity (Wildman–Crippen MR) is 96.9 cm³/mol. The van der Waals surface area contributed by atoms with Crippen molar-refractivity contribution in [3.63, 3.8) is 0 Å². The van der Waals surface area contributed by atoms with E-state index < -0.39 is 0 Å². The van der Waals surface area contributed by atoms with Crippen LogP contribution in [0.3, 0.4) is 0 Å². The number of nitrogens with zero attached hydrogens (tertiary/aromatic N) is 1. The third kappa shape index (κ3) is 4.00. The summed E-state index contributed by atoms with van der Waals surface area (Å²) in [5.41, 5.74) is 7.02. The smallest absolute Gasteiger partial charge is 0.0429 e. The quantitative estimate of drug-likeness (QED) is 0.874. The van der Waals surface area contributed by atoms with Crippen LogP contribution in [-0.2, 0) is 19.4 Å². The van der Waals surface area contributed by atoms with Crippen LogP contribution < -0.4 is 5.32 Å². The number of aryl methyl sites for hydroxylation is 1. The Kier molecular flexibility index (Phi) is 5.12. The third-order valence-corrected chi connectivity index (χ3v) is 4.99. The lowest BCUT2D eigenvalue weighted by Crippen LogP contribution is -2.23. The molecule has 0 amide bonds. The van der Waals surface area contributed by atoms with Crippen molar-refractivity contribution >= 4 is 0 Å². The summed E-state index contributed by atoms with van der Waals surface area (Å²) in [7, 11) is 0. The molecule has 1 aromatic heterocycles. The Hall–Kier alpha value is -1.67. The van der Waals surface area contributed by atoms with E-state index in [1.165, 1.54) is 40.8 Å². The van der Waals surface area contributed by atoms with E-state index in [4.69, 9.17) is 0 Å². The first-order chi connectivity index (χ1) is 11.1. The second-order valence-electron chi connectivity index (χ2n) is 7.14. The van der Waals surface area contributed by atoms with Crippen molar-refractivity contribution in [1.82, 2.24) is 10.3 Å². The maximum absolute atomic E-state index is 4.60. The second kappa shape index (κ2) is 7.27. The zero-order valence-corrected chi connectivity index (χ0v) is 14.6. The van der Waals surface area contributed by atoms with Crippen LogP contribution in [0.15, 0.2) is 36.5 Å². The molecule has 0 spiro atoms. The van der Waals surface area contributed by atoms with Crippen molar-refractivity contribution in [3.8, 4) is 0 Å². The molecule has 1 atom stereocenters. The Morgan fingerprint density at radius 2 is 1.96 bits per heavy atom. The number of hydrogen-bond donors (Lipinski definition) is 1. The molecule has 2 nitrogen and oxygen atoms in total. The van der Waals surface area contributed by atoms with E-state index in [-0.39, 0.29) is 0 Å². The fraction of sp³-hybridized carbons (Fsp3) is 0.476. The summed E-state index contributed by atoms with van der Waals surface area (Å²) >= 11 is 0. The SMILES string of the molecule is CC(C)c1ccc([C@@H](C)CCc2ccc3c(c2)CNCC3)cn1. The zero-order chi connectivity index (χ0) is 16.2. The molecule has 0 saturated heterocycles. The average molecular weight is 308 g/mol. The molecule has 2 heterocycles. The Labute approximate surface area is 140 Å². The third-order valence-electron chi connectivity index (χ3n) is 4.99. The van der Waals surface area contributed by atoms with Gasteiger partial charge >= 0.3 is 0 Å². The van der Waals surface area contributed by atoms with Gasteiger partial charge in [-0.15, -0.1) is 0 Å². The van der Waals surface area contributed by atoms with Crippen LogP contribution in [0.5, 0.6) is 0 Å². The molecular weight excluding hydrogens is 280 g/mol. The predicted octanol–water partition coefficient (Wildman–Crippen LogP) is 4.59. The summed E-state index contributed by atoms with van der Waals surface area (Å²) in [5, 5.41) is 3.46. The summed E-state index contributed by atoms with van der Waals surface area (Å²) in [4.78, 5) is 4.60. The number of rotatable bonds is 5. The van der Waals surface area contributed by atoms with Crippen LogP contribution in [-0.4, -0.2) is 11.5 Å². The van der Waals surface area contributed by atoms with E-state index in [0.717, 1.165) is 19.5 Å². The lowest BCUT2D eigenvalue weighted by atomic mass is 9.92. The monoisotopic (exact) mass is 308 g/mol. The topological polar surface area (TPSA) is 24.9 Å². The zero-order valence-electron chi connectivity index (χ0n) is 14.6. The molecule has 1 aliphatic rings. The van der Waals surface area contributed by atoms with Crippen molar-refractivity contribution in [1.29, 1.82) is 0 Å². The molecule has 0 fully saturated rings. The minimum Gasteiger partial charge on any atom is -0.312 e. The van der Waals surface area contributed by atoms with Gasteiger partial charge in [-0.05, 0) is 66.0 Å². The summed E-state index contributed by atoms with van der Waals surface area (Å²) in [6.45, 7) is 8.83. The van der Waals surface area contributed by atoms with Gasteiger partial charge in [0.1, 0.15) is 0 Å². The number of benzene rings is 1. The van der Waals surface area contributed by atoms with Crippen LogP contribution in [0.2, 0.25) is 0 Å². The lowest BCUT2D eigenvalue weighted by molar-refractivity contribution is 0.639. The highest BCUT2D eigenvalue weighted by Crippen LogP contribution is 2.23. The largest absolute Gasteiger partial charge is 0.312 e. The first-order valence-electron chi connectivity index (χ1n) is 8.90. The van der Waals surface area contributed by atoms with Gasteiger partial charge in [-0.2, -0.15) is 0 Å². The van der Waals surface area contributed by atoms with E-state index in [9.17, 15) is 0 Å². The van der Waals surface area contributed by atoms with Crippen molar-refractivity contribution < 1.29 is 0 Å². The minimum atomic E-state index is 0.503. The molecule has 2 heteroatoms. The normalized spacial score (nSPS) is 15.5. The van der Waals surface area contributed by atoms with E-state index in [2.05, 4.69) is 67.6 Å². The second-order valence-corrected chi connectivity index (χ2v) is 7.14. The minimum absolute atomic E-state index is 0.503. The molecule has 122 valence electrons. The maximum Gasteiger partial charge on any atom is 0.0429 e. The molecule has 1 aliphatic heterocycles.